The van der Waals surface area contributed by atoms with E-state index < -0.39 is 0 Å². The third-order valence-electron chi connectivity index (χ3n) is 3.44. The van der Waals surface area contributed by atoms with Crippen LogP contribution >= 0.6 is 0 Å². The van der Waals surface area contributed by atoms with Crippen LogP contribution in [0.1, 0.15) is 12.5 Å². The minimum Gasteiger partial charge on any atom is -0.374 e. The van der Waals surface area contributed by atoms with E-state index in [9.17, 15) is 4.79 Å². The van der Waals surface area contributed by atoms with E-state index in [2.05, 4.69) is 24.0 Å². The second-order valence-corrected chi connectivity index (χ2v) is 5.10. The van der Waals surface area contributed by atoms with Crippen molar-refractivity contribution < 1.29 is 9.53 Å². The van der Waals surface area contributed by atoms with Gasteiger partial charge in [0.15, 0.2) is 0 Å². The third kappa shape index (κ3) is 4.10. The number of carbonyl (C=O) groups excluding carboxylic acids is 1. The van der Waals surface area contributed by atoms with Gasteiger partial charge in [0.1, 0.15) is 0 Å². The minimum atomic E-state index is -0.0428. The lowest BCUT2D eigenvalue weighted by atomic mass is 10.1. The molecule has 1 aromatic carbocycles. The lowest BCUT2D eigenvalue weighted by Crippen LogP contribution is -2.51. The van der Waals surface area contributed by atoms with Gasteiger partial charge in [0.2, 0.25) is 0 Å². The standard InChI is InChI=1S/C16H22N2O2/c1-3-13(2)17-16(19)18-9-10-20-15(12-18)11-14-7-5-4-6-8-14/h3-8,13,15H,1,9-12H2,2H3,(H,17,19)/t13-,15+/m1/s1. The molecule has 4 heteroatoms. The van der Waals surface area contributed by atoms with Crippen LogP contribution in [0.5, 0.6) is 0 Å². The van der Waals surface area contributed by atoms with Crippen LogP contribution in [0, 0.1) is 0 Å². The summed E-state index contributed by atoms with van der Waals surface area (Å²) in [4.78, 5) is 13.9. The number of benzene rings is 1. The van der Waals surface area contributed by atoms with Gasteiger partial charge in [0.05, 0.1) is 12.7 Å². The Hall–Kier alpha value is -1.81. The van der Waals surface area contributed by atoms with Crippen LogP contribution in [-0.4, -0.2) is 42.8 Å². The molecule has 2 atom stereocenters. The molecule has 1 fully saturated rings. The molecule has 4 nitrogen and oxygen atoms in total. The molecule has 0 saturated carbocycles. The van der Waals surface area contributed by atoms with Gasteiger partial charge in [-0.2, -0.15) is 0 Å². The highest BCUT2D eigenvalue weighted by molar-refractivity contribution is 5.74. The molecule has 0 unspecified atom stereocenters. The zero-order valence-corrected chi connectivity index (χ0v) is 11.9. The molecule has 2 amide bonds. The number of amides is 2. The van der Waals surface area contributed by atoms with Gasteiger partial charge in [-0.1, -0.05) is 36.4 Å². The van der Waals surface area contributed by atoms with E-state index in [1.807, 2.05) is 30.0 Å². The number of hydrogen-bond donors (Lipinski definition) is 1. The average Bonchev–Trinajstić information content (AvgIpc) is 2.48. The van der Waals surface area contributed by atoms with Crippen molar-refractivity contribution in [2.45, 2.75) is 25.5 Å². The van der Waals surface area contributed by atoms with Crippen LogP contribution in [0.4, 0.5) is 4.79 Å². The lowest BCUT2D eigenvalue weighted by Gasteiger charge is -2.33. The molecule has 20 heavy (non-hydrogen) atoms. The van der Waals surface area contributed by atoms with Crippen molar-refractivity contribution in [3.05, 3.63) is 48.6 Å². The first-order valence-electron chi connectivity index (χ1n) is 7.02. The third-order valence-corrected chi connectivity index (χ3v) is 3.44. The van der Waals surface area contributed by atoms with E-state index in [1.54, 1.807) is 6.08 Å². The van der Waals surface area contributed by atoms with Gasteiger partial charge in [-0.25, -0.2) is 4.79 Å². The molecule has 0 aliphatic carbocycles. The second-order valence-electron chi connectivity index (χ2n) is 5.10. The molecular formula is C16H22N2O2. The molecule has 0 spiro atoms. The number of hydrogen-bond acceptors (Lipinski definition) is 2. The quantitative estimate of drug-likeness (QED) is 0.855. The summed E-state index contributed by atoms with van der Waals surface area (Å²) in [6, 6.07) is 10.2. The maximum absolute atomic E-state index is 12.1. The number of ether oxygens (including phenoxy) is 1. The number of morpholine rings is 1. The predicted octanol–water partition coefficient (Wildman–Crippen LogP) is 2.21. The first-order valence-corrected chi connectivity index (χ1v) is 7.02. The first-order chi connectivity index (χ1) is 9.69. The Morgan fingerprint density at radius 3 is 3.00 bits per heavy atom. The normalized spacial score (nSPS) is 20.2. The van der Waals surface area contributed by atoms with Gasteiger partial charge < -0.3 is 15.0 Å². The Kier molecular flexibility index (Phi) is 5.18. The number of urea groups is 1. The second kappa shape index (κ2) is 7.10. The van der Waals surface area contributed by atoms with Crippen molar-refractivity contribution >= 4 is 6.03 Å². The van der Waals surface area contributed by atoms with Crippen LogP contribution in [0.25, 0.3) is 0 Å². The van der Waals surface area contributed by atoms with Gasteiger partial charge in [-0.15, -0.1) is 6.58 Å². The largest absolute Gasteiger partial charge is 0.374 e. The molecule has 0 aromatic heterocycles. The molecule has 1 aliphatic heterocycles. The van der Waals surface area contributed by atoms with Crippen molar-refractivity contribution in [2.75, 3.05) is 19.7 Å². The maximum Gasteiger partial charge on any atom is 0.318 e. The Labute approximate surface area is 120 Å². The van der Waals surface area contributed by atoms with E-state index in [0.29, 0.717) is 19.7 Å². The summed E-state index contributed by atoms with van der Waals surface area (Å²) in [5.74, 6) is 0. The molecule has 0 radical (unpaired) electrons. The molecule has 1 N–H and O–H groups in total. The molecule has 2 rings (SSSR count). The summed E-state index contributed by atoms with van der Waals surface area (Å²) in [5.41, 5.74) is 1.24. The van der Waals surface area contributed by atoms with Crippen molar-refractivity contribution in [3.63, 3.8) is 0 Å². The lowest BCUT2D eigenvalue weighted by molar-refractivity contribution is -0.0134. The number of nitrogens with zero attached hydrogens (tertiary/aromatic N) is 1. The van der Waals surface area contributed by atoms with E-state index in [-0.39, 0.29) is 18.2 Å². The fourth-order valence-corrected chi connectivity index (χ4v) is 2.25. The minimum absolute atomic E-state index is 0.0158. The summed E-state index contributed by atoms with van der Waals surface area (Å²) in [6.07, 6.45) is 2.62. The molecule has 0 bridgehead atoms. The van der Waals surface area contributed by atoms with Gasteiger partial charge in [0.25, 0.3) is 0 Å². The zero-order valence-electron chi connectivity index (χ0n) is 11.9. The van der Waals surface area contributed by atoms with E-state index in [0.717, 1.165) is 6.42 Å². The maximum atomic E-state index is 12.1. The van der Waals surface area contributed by atoms with Crippen LogP contribution in [0.3, 0.4) is 0 Å². The molecule has 1 aliphatic rings. The van der Waals surface area contributed by atoms with Crippen molar-refractivity contribution in [2.24, 2.45) is 0 Å². The topological polar surface area (TPSA) is 41.6 Å². The summed E-state index contributed by atoms with van der Waals surface area (Å²) < 4.78 is 5.75. The molecular weight excluding hydrogens is 252 g/mol. The van der Waals surface area contributed by atoms with Crippen molar-refractivity contribution in [3.8, 4) is 0 Å². The van der Waals surface area contributed by atoms with E-state index in [1.165, 1.54) is 5.56 Å². The smallest absolute Gasteiger partial charge is 0.318 e. The summed E-state index contributed by atoms with van der Waals surface area (Å²) in [6.45, 7) is 7.44. The fourth-order valence-electron chi connectivity index (χ4n) is 2.25. The van der Waals surface area contributed by atoms with Crippen LogP contribution in [0.15, 0.2) is 43.0 Å². The zero-order chi connectivity index (χ0) is 14.4. The highest BCUT2D eigenvalue weighted by Gasteiger charge is 2.24. The monoisotopic (exact) mass is 274 g/mol. The fraction of sp³-hybridized carbons (Fsp3) is 0.438. The van der Waals surface area contributed by atoms with Crippen molar-refractivity contribution in [1.82, 2.24) is 10.2 Å². The Balaban J connectivity index is 1.88. The van der Waals surface area contributed by atoms with Gasteiger partial charge in [-0.3, -0.25) is 0 Å². The van der Waals surface area contributed by atoms with Crippen LogP contribution in [-0.2, 0) is 11.2 Å². The van der Waals surface area contributed by atoms with Gasteiger partial charge in [0, 0.05) is 25.6 Å². The number of carbonyl (C=O) groups is 1. The van der Waals surface area contributed by atoms with E-state index >= 15 is 0 Å². The van der Waals surface area contributed by atoms with Gasteiger partial charge in [-0.05, 0) is 12.5 Å². The summed E-state index contributed by atoms with van der Waals surface area (Å²) >= 11 is 0. The number of nitrogens with one attached hydrogen (secondary N) is 1. The SMILES string of the molecule is C=C[C@@H](C)NC(=O)N1CCO[C@@H](Cc2ccccc2)C1. The molecule has 1 heterocycles. The Morgan fingerprint density at radius 2 is 2.30 bits per heavy atom. The van der Waals surface area contributed by atoms with Gasteiger partial charge >= 0.3 is 6.03 Å². The Bertz CT molecular complexity index is 447. The molecule has 1 saturated heterocycles. The molecule has 1 aromatic rings. The summed E-state index contributed by atoms with van der Waals surface area (Å²) in [5, 5.41) is 2.90. The number of rotatable bonds is 4. The highest BCUT2D eigenvalue weighted by atomic mass is 16.5. The van der Waals surface area contributed by atoms with Crippen LogP contribution < -0.4 is 5.32 Å². The Morgan fingerprint density at radius 1 is 1.55 bits per heavy atom. The predicted molar refractivity (Wildman–Crippen MR) is 79.6 cm³/mol. The first kappa shape index (κ1) is 14.6. The summed E-state index contributed by atoms with van der Waals surface area (Å²) in [7, 11) is 0. The molecule has 108 valence electrons. The van der Waals surface area contributed by atoms with Crippen molar-refractivity contribution in [1.29, 1.82) is 0 Å². The van der Waals surface area contributed by atoms with E-state index in [4.69, 9.17) is 4.74 Å². The van der Waals surface area contributed by atoms with Crippen LogP contribution in [0.2, 0.25) is 0 Å². The highest BCUT2D eigenvalue weighted by Crippen LogP contribution is 2.12. The average molecular weight is 274 g/mol.